The minimum Gasteiger partial charge on any atom is -0.477 e. The van der Waals surface area contributed by atoms with E-state index in [1.165, 1.54) is 51.4 Å². The standard InChI is InChI=1S/C18H36O6.Zn/c1-2-3-4-5-6-7-8-9-10-11-12-13-14-15-17(21,22)18(23,24)16(19)20;/h21-24H,2-15H2,1H3,(H,19,20);. The Kier molecular flexibility index (Phi) is 16.3. The fraction of sp³-hybridized carbons (Fsp3) is 0.944. The molecule has 0 saturated carbocycles. The first kappa shape index (κ1) is 27.2. The van der Waals surface area contributed by atoms with Crippen molar-refractivity contribution in [2.45, 2.75) is 108 Å². The van der Waals surface area contributed by atoms with Gasteiger partial charge in [-0.05, 0) is 6.42 Å². The van der Waals surface area contributed by atoms with E-state index in [1.54, 1.807) is 0 Å². The Balaban J connectivity index is 0. The summed E-state index contributed by atoms with van der Waals surface area (Å²) in [5.41, 5.74) is 0. The molecule has 25 heavy (non-hydrogen) atoms. The summed E-state index contributed by atoms with van der Waals surface area (Å²) >= 11 is 0. The summed E-state index contributed by atoms with van der Waals surface area (Å²) < 4.78 is 0. The van der Waals surface area contributed by atoms with Crippen LogP contribution in [0.15, 0.2) is 0 Å². The van der Waals surface area contributed by atoms with Crippen molar-refractivity contribution >= 4 is 5.97 Å². The molecule has 7 heteroatoms. The quantitative estimate of drug-likeness (QED) is 0.151. The molecule has 0 heterocycles. The summed E-state index contributed by atoms with van der Waals surface area (Å²) in [6.45, 7) is 2.22. The third-order valence-electron chi connectivity index (χ3n) is 4.49. The van der Waals surface area contributed by atoms with Crippen LogP contribution in [-0.2, 0) is 24.3 Å². The fourth-order valence-electron chi connectivity index (χ4n) is 2.73. The van der Waals surface area contributed by atoms with Crippen LogP contribution in [-0.4, -0.2) is 43.1 Å². The summed E-state index contributed by atoms with van der Waals surface area (Å²) in [5.74, 6) is -8.64. The van der Waals surface area contributed by atoms with Gasteiger partial charge >= 0.3 is 11.8 Å². The van der Waals surface area contributed by atoms with Crippen LogP contribution >= 0.6 is 0 Å². The van der Waals surface area contributed by atoms with Crippen molar-refractivity contribution in [1.29, 1.82) is 0 Å². The number of carboxylic acid groups (broad SMARTS) is 1. The molecule has 146 valence electrons. The van der Waals surface area contributed by atoms with E-state index in [1.807, 2.05) is 0 Å². The number of aliphatic carboxylic acids is 1. The van der Waals surface area contributed by atoms with Crippen LogP contribution < -0.4 is 0 Å². The normalized spacial score (nSPS) is 12.0. The number of carbonyl (C=O) groups is 1. The first-order valence-electron chi connectivity index (χ1n) is 9.38. The number of aliphatic hydroxyl groups is 4. The monoisotopic (exact) mass is 412 g/mol. The van der Waals surface area contributed by atoms with Gasteiger partial charge in [-0.3, -0.25) is 0 Å². The minimum absolute atomic E-state index is 0. The van der Waals surface area contributed by atoms with Gasteiger partial charge in [-0.2, -0.15) is 0 Å². The predicted octanol–water partition coefficient (Wildman–Crippen LogP) is 2.91. The molecule has 0 amide bonds. The summed E-state index contributed by atoms with van der Waals surface area (Å²) in [6, 6.07) is 0. The topological polar surface area (TPSA) is 118 Å². The number of hydrogen-bond acceptors (Lipinski definition) is 5. The molecule has 0 radical (unpaired) electrons. The van der Waals surface area contributed by atoms with Crippen molar-refractivity contribution in [3.8, 4) is 0 Å². The van der Waals surface area contributed by atoms with Crippen LogP contribution in [0.2, 0.25) is 0 Å². The van der Waals surface area contributed by atoms with Gasteiger partial charge in [-0.25, -0.2) is 4.79 Å². The maximum Gasteiger partial charge on any atom is 0.370 e. The molecule has 0 aromatic heterocycles. The summed E-state index contributed by atoms with van der Waals surface area (Å²) in [5, 5.41) is 45.8. The van der Waals surface area contributed by atoms with E-state index in [2.05, 4.69) is 6.92 Å². The molecule has 0 aliphatic rings. The van der Waals surface area contributed by atoms with E-state index >= 15 is 0 Å². The van der Waals surface area contributed by atoms with Gasteiger partial charge in [0.05, 0.1) is 0 Å². The van der Waals surface area contributed by atoms with Crippen molar-refractivity contribution in [2.24, 2.45) is 0 Å². The zero-order valence-electron chi connectivity index (χ0n) is 15.8. The summed E-state index contributed by atoms with van der Waals surface area (Å²) in [4.78, 5) is 10.6. The first-order chi connectivity index (χ1) is 11.3. The third-order valence-corrected chi connectivity index (χ3v) is 4.49. The van der Waals surface area contributed by atoms with Gasteiger partial charge in [0.2, 0.25) is 5.79 Å². The molecule has 0 atom stereocenters. The van der Waals surface area contributed by atoms with Gasteiger partial charge < -0.3 is 25.5 Å². The second-order valence-corrected chi connectivity index (χ2v) is 6.79. The van der Waals surface area contributed by atoms with Crippen molar-refractivity contribution in [2.75, 3.05) is 0 Å². The molecule has 6 nitrogen and oxygen atoms in total. The average Bonchev–Trinajstić information content (AvgIpc) is 2.51. The maximum atomic E-state index is 10.6. The number of rotatable bonds is 16. The van der Waals surface area contributed by atoms with Gasteiger partial charge in [0.25, 0.3) is 0 Å². The molecule has 0 aromatic carbocycles. The smallest absolute Gasteiger partial charge is 0.370 e. The molecule has 0 fully saturated rings. The minimum atomic E-state index is -3.54. The SMILES string of the molecule is CCCCCCCCCCCCCCCC(O)(O)C(O)(O)C(=O)O.[Zn]. The van der Waals surface area contributed by atoms with Crippen LogP contribution in [0, 0.1) is 0 Å². The molecule has 0 bridgehead atoms. The van der Waals surface area contributed by atoms with Gasteiger partial charge in [0.1, 0.15) is 0 Å². The van der Waals surface area contributed by atoms with E-state index in [-0.39, 0.29) is 25.9 Å². The van der Waals surface area contributed by atoms with E-state index in [4.69, 9.17) is 15.3 Å². The average molecular weight is 414 g/mol. The van der Waals surface area contributed by atoms with E-state index in [9.17, 15) is 15.0 Å². The Labute approximate surface area is 164 Å². The number of hydrogen-bond donors (Lipinski definition) is 5. The third kappa shape index (κ3) is 12.0. The van der Waals surface area contributed by atoms with Crippen LogP contribution in [0.1, 0.15) is 96.8 Å². The van der Waals surface area contributed by atoms with Gasteiger partial charge in [-0.15, -0.1) is 0 Å². The molecule has 5 N–H and O–H groups in total. The zero-order chi connectivity index (χ0) is 18.5. The van der Waals surface area contributed by atoms with E-state index in [0.717, 1.165) is 19.3 Å². The predicted molar refractivity (Wildman–Crippen MR) is 92.3 cm³/mol. The van der Waals surface area contributed by atoms with Crippen LogP contribution in [0.4, 0.5) is 0 Å². The van der Waals surface area contributed by atoms with Crippen molar-refractivity contribution in [3.63, 3.8) is 0 Å². The van der Waals surface area contributed by atoms with Gasteiger partial charge in [-0.1, -0.05) is 84.0 Å². The van der Waals surface area contributed by atoms with Crippen LogP contribution in [0.25, 0.3) is 0 Å². The molecule has 0 aliphatic heterocycles. The molecule has 0 rings (SSSR count). The van der Waals surface area contributed by atoms with E-state index < -0.39 is 17.5 Å². The molecule has 0 aliphatic carbocycles. The molecule has 0 saturated heterocycles. The molecular weight excluding hydrogens is 378 g/mol. The summed E-state index contributed by atoms with van der Waals surface area (Å²) in [6.07, 6.45) is 14.2. The maximum absolute atomic E-state index is 10.6. The second kappa shape index (κ2) is 15.0. The fourth-order valence-corrected chi connectivity index (χ4v) is 2.73. The Hall–Kier alpha value is -0.0666. The molecule has 0 aromatic rings. The number of carboxylic acids is 1. The van der Waals surface area contributed by atoms with Gasteiger partial charge in [0.15, 0.2) is 0 Å². The number of unbranched alkanes of at least 4 members (excludes halogenated alkanes) is 12. The molecule has 0 spiro atoms. The molecular formula is C18H36O6Zn. The second-order valence-electron chi connectivity index (χ2n) is 6.79. The Bertz CT molecular complexity index is 334. The largest absolute Gasteiger partial charge is 0.477 e. The molecule has 0 unspecified atom stereocenters. The first-order valence-corrected chi connectivity index (χ1v) is 9.38. The van der Waals surface area contributed by atoms with Crippen LogP contribution in [0.3, 0.4) is 0 Å². The zero-order valence-corrected chi connectivity index (χ0v) is 18.7. The van der Waals surface area contributed by atoms with E-state index in [0.29, 0.717) is 12.8 Å². The Morgan fingerprint density at radius 2 is 1.00 bits per heavy atom. The Morgan fingerprint density at radius 1 is 0.680 bits per heavy atom. The Morgan fingerprint density at radius 3 is 1.32 bits per heavy atom. The van der Waals surface area contributed by atoms with Crippen LogP contribution in [0.5, 0.6) is 0 Å². The van der Waals surface area contributed by atoms with Crippen molar-refractivity contribution in [1.82, 2.24) is 0 Å². The van der Waals surface area contributed by atoms with Crippen molar-refractivity contribution < 1.29 is 49.8 Å². The van der Waals surface area contributed by atoms with Gasteiger partial charge in [0, 0.05) is 25.9 Å². The van der Waals surface area contributed by atoms with Crippen molar-refractivity contribution in [3.05, 3.63) is 0 Å². The summed E-state index contributed by atoms with van der Waals surface area (Å²) in [7, 11) is 0.